The molecule has 1 fully saturated rings. The molecule has 0 aromatic heterocycles. The summed E-state index contributed by atoms with van der Waals surface area (Å²) in [5, 5.41) is 5.12. The minimum Gasteiger partial charge on any atom is -0.377 e. The Labute approximate surface area is 135 Å². The highest BCUT2D eigenvalue weighted by molar-refractivity contribution is 5.92. The topological polar surface area (TPSA) is 70.7 Å². The molecule has 0 spiro atoms. The Morgan fingerprint density at radius 3 is 2.87 bits per heavy atom. The second-order valence-electron chi connectivity index (χ2n) is 5.47. The van der Waals surface area contributed by atoms with Gasteiger partial charge in [0.15, 0.2) is 0 Å². The first kappa shape index (κ1) is 17.2. The number of rotatable bonds is 4. The van der Waals surface area contributed by atoms with E-state index in [4.69, 9.17) is 4.74 Å². The molecule has 1 aromatic rings. The zero-order valence-corrected chi connectivity index (χ0v) is 13.4. The van der Waals surface area contributed by atoms with Gasteiger partial charge in [-0.25, -0.2) is 9.18 Å². The first-order chi connectivity index (χ1) is 11.0. The van der Waals surface area contributed by atoms with Crippen molar-refractivity contribution >= 4 is 23.3 Å². The standard InChI is InChI=1S/C16H22FN3O3/c1-3-23-13-5-4-8-20(10-13)16(22)19-15-9-12(18-11(2)21)6-7-14(15)17/h6-7,9,13H,3-5,8,10H2,1-2H3,(H,18,21)(H,19,22). The smallest absolute Gasteiger partial charge is 0.322 e. The van der Waals surface area contributed by atoms with Gasteiger partial charge in [0.05, 0.1) is 11.8 Å². The average Bonchev–Trinajstić information content (AvgIpc) is 2.50. The van der Waals surface area contributed by atoms with Crippen LogP contribution in [0.25, 0.3) is 0 Å². The molecule has 3 amide bonds. The van der Waals surface area contributed by atoms with Gasteiger partial charge in [0.1, 0.15) is 5.82 Å². The third kappa shape index (κ3) is 4.92. The number of hydrogen-bond donors (Lipinski definition) is 2. The van der Waals surface area contributed by atoms with E-state index in [1.54, 1.807) is 4.90 Å². The summed E-state index contributed by atoms with van der Waals surface area (Å²) in [5.41, 5.74) is 0.472. The number of carbonyl (C=O) groups excluding carboxylic acids is 2. The number of likely N-dealkylation sites (tertiary alicyclic amines) is 1. The zero-order valence-electron chi connectivity index (χ0n) is 13.4. The summed E-state index contributed by atoms with van der Waals surface area (Å²) >= 11 is 0. The number of hydrogen-bond acceptors (Lipinski definition) is 3. The number of nitrogens with one attached hydrogen (secondary N) is 2. The zero-order chi connectivity index (χ0) is 16.8. The van der Waals surface area contributed by atoms with E-state index in [-0.39, 0.29) is 23.7 Å². The lowest BCUT2D eigenvalue weighted by molar-refractivity contribution is -0.114. The van der Waals surface area contributed by atoms with Gasteiger partial charge >= 0.3 is 6.03 Å². The normalized spacial score (nSPS) is 17.7. The van der Waals surface area contributed by atoms with Crippen LogP contribution in [0, 0.1) is 5.82 Å². The molecule has 2 N–H and O–H groups in total. The van der Waals surface area contributed by atoms with E-state index >= 15 is 0 Å². The highest BCUT2D eigenvalue weighted by Gasteiger charge is 2.24. The van der Waals surface area contributed by atoms with Crippen molar-refractivity contribution in [3.05, 3.63) is 24.0 Å². The van der Waals surface area contributed by atoms with Crippen molar-refractivity contribution in [2.45, 2.75) is 32.8 Å². The summed E-state index contributed by atoms with van der Waals surface area (Å²) in [6.45, 7) is 4.99. The van der Waals surface area contributed by atoms with Crippen molar-refractivity contribution in [3.63, 3.8) is 0 Å². The number of anilines is 2. The van der Waals surface area contributed by atoms with Crippen LogP contribution in [0.15, 0.2) is 18.2 Å². The lowest BCUT2D eigenvalue weighted by Gasteiger charge is -2.32. The fourth-order valence-corrected chi connectivity index (χ4v) is 2.59. The SMILES string of the molecule is CCOC1CCCN(C(=O)Nc2cc(NC(C)=O)ccc2F)C1. The molecule has 0 radical (unpaired) electrons. The molecular weight excluding hydrogens is 301 g/mol. The molecule has 1 heterocycles. The van der Waals surface area contributed by atoms with Crippen molar-refractivity contribution in [2.75, 3.05) is 30.3 Å². The van der Waals surface area contributed by atoms with Gasteiger partial charge in [0.2, 0.25) is 5.91 Å². The van der Waals surface area contributed by atoms with Crippen LogP contribution in [0.1, 0.15) is 26.7 Å². The molecule has 1 unspecified atom stereocenters. The largest absolute Gasteiger partial charge is 0.377 e. The fraction of sp³-hybridized carbons (Fsp3) is 0.500. The third-order valence-electron chi connectivity index (χ3n) is 3.60. The molecule has 7 heteroatoms. The molecule has 1 aromatic carbocycles. The van der Waals surface area contributed by atoms with Crippen LogP contribution >= 0.6 is 0 Å². The molecule has 1 saturated heterocycles. The minimum absolute atomic E-state index is 0.0232. The Bertz CT molecular complexity index is 578. The number of benzene rings is 1. The molecule has 1 aliphatic rings. The van der Waals surface area contributed by atoms with Gasteiger partial charge < -0.3 is 20.3 Å². The Morgan fingerprint density at radius 2 is 2.17 bits per heavy atom. The van der Waals surface area contributed by atoms with Crippen LogP contribution in [0.4, 0.5) is 20.6 Å². The molecule has 1 atom stereocenters. The monoisotopic (exact) mass is 323 g/mol. The Kier molecular flexibility index (Phi) is 5.92. The molecular formula is C16H22FN3O3. The van der Waals surface area contributed by atoms with E-state index in [0.29, 0.717) is 25.4 Å². The van der Waals surface area contributed by atoms with Crippen LogP contribution in [0.5, 0.6) is 0 Å². The van der Waals surface area contributed by atoms with Crippen molar-refractivity contribution in [2.24, 2.45) is 0 Å². The molecule has 2 rings (SSSR count). The highest BCUT2D eigenvalue weighted by Crippen LogP contribution is 2.21. The van der Waals surface area contributed by atoms with Gasteiger partial charge in [0, 0.05) is 32.3 Å². The van der Waals surface area contributed by atoms with Gasteiger partial charge in [0.25, 0.3) is 0 Å². The van der Waals surface area contributed by atoms with Gasteiger partial charge in [-0.05, 0) is 38.0 Å². The fourth-order valence-electron chi connectivity index (χ4n) is 2.59. The highest BCUT2D eigenvalue weighted by atomic mass is 19.1. The van der Waals surface area contributed by atoms with Crippen molar-refractivity contribution in [3.8, 4) is 0 Å². The summed E-state index contributed by atoms with van der Waals surface area (Å²) in [6.07, 6.45) is 1.80. The Balaban J connectivity index is 2.03. The van der Waals surface area contributed by atoms with Crippen molar-refractivity contribution in [1.82, 2.24) is 4.90 Å². The first-order valence-electron chi connectivity index (χ1n) is 7.74. The maximum absolute atomic E-state index is 13.9. The first-order valence-corrected chi connectivity index (χ1v) is 7.74. The number of urea groups is 1. The number of halogens is 1. The Morgan fingerprint density at radius 1 is 1.39 bits per heavy atom. The summed E-state index contributed by atoms with van der Waals surface area (Å²) in [5.74, 6) is -0.810. The third-order valence-corrected chi connectivity index (χ3v) is 3.60. The molecule has 6 nitrogen and oxygen atoms in total. The summed E-state index contributed by atoms with van der Waals surface area (Å²) in [4.78, 5) is 25.0. The molecule has 1 aliphatic heterocycles. The second kappa shape index (κ2) is 7.92. The van der Waals surface area contributed by atoms with Crippen LogP contribution < -0.4 is 10.6 Å². The maximum atomic E-state index is 13.9. The van der Waals surface area contributed by atoms with E-state index in [1.807, 2.05) is 6.92 Å². The van der Waals surface area contributed by atoms with Crippen LogP contribution in [0.3, 0.4) is 0 Å². The Hall–Kier alpha value is -2.15. The van der Waals surface area contributed by atoms with E-state index in [9.17, 15) is 14.0 Å². The van der Waals surface area contributed by atoms with Gasteiger partial charge in [-0.1, -0.05) is 0 Å². The second-order valence-corrected chi connectivity index (χ2v) is 5.47. The summed E-state index contributed by atoms with van der Waals surface area (Å²) in [7, 11) is 0. The molecule has 0 saturated carbocycles. The van der Waals surface area contributed by atoms with Crippen LogP contribution in [-0.4, -0.2) is 42.6 Å². The molecule has 126 valence electrons. The molecule has 23 heavy (non-hydrogen) atoms. The van der Waals surface area contributed by atoms with E-state index in [2.05, 4.69) is 10.6 Å². The van der Waals surface area contributed by atoms with E-state index < -0.39 is 5.82 Å². The van der Waals surface area contributed by atoms with Crippen molar-refractivity contribution < 1.29 is 18.7 Å². The van der Waals surface area contributed by atoms with Gasteiger partial charge in [-0.15, -0.1) is 0 Å². The number of nitrogens with zero attached hydrogens (tertiary/aromatic N) is 1. The maximum Gasteiger partial charge on any atom is 0.322 e. The quantitative estimate of drug-likeness (QED) is 0.895. The number of ether oxygens (including phenoxy) is 1. The molecule has 0 aliphatic carbocycles. The number of amides is 3. The van der Waals surface area contributed by atoms with Crippen molar-refractivity contribution in [1.29, 1.82) is 0 Å². The van der Waals surface area contributed by atoms with Gasteiger partial charge in [-0.2, -0.15) is 0 Å². The summed E-state index contributed by atoms with van der Waals surface area (Å²) < 4.78 is 19.4. The predicted molar refractivity (Wildman–Crippen MR) is 85.9 cm³/mol. The summed E-state index contributed by atoms with van der Waals surface area (Å²) in [6, 6.07) is 3.69. The van der Waals surface area contributed by atoms with E-state index in [1.165, 1.54) is 25.1 Å². The van der Waals surface area contributed by atoms with Gasteiger partial charge in [-0.3, -0.25) is 4.79 Å². The van der Waals surface area contributed by atoms with E-state index in [0.717, 1.165) is 12.8 Å². The lowest BCUT2D eigenvalue weighted by Crippen LogP contribution is -2.45. The predicted octanol–water partition coefficient (Wildman–Crippen LogP) is 2.82. The average molecular weight is 323 g/mol. The van der Waals surface area contributed by atoms with Crippen LogP contribution in [-0.2, 0) is 9.53 Å². The number of carbonyl (C=O) groups is 2. The van der Waals surface area contributed by atoms with Crippen LogP contribution in [0.2, 0.25) is 0 Å². The number of piperidine rings is 1. The minimum atomic E-state index is -0.550. The lowest BCUT2D eigenvalue weighted by atomic mass is 10.1. The molecule has 0 bridgehead atoms.